The molecule has 1 aliphatic rings. The summed E-state index contributed by atoms with van der Waals surface area (Å²) >= 11 is 1.71. The van der Waals surface area contributed by atoms with Gasteiger partial charge in [0, 0.05) is 30.4 Å². The van der Waals surface area contributed by atoms with Gasteiger partial charge < -0.3 is 5.32 Å². The number of nitrogens with one attached hydrogen (secondary N) is 1. The van der Waals surface area contributed by atoms with Gasteiger partial charge in [0.15, 0.2) is 0 Å². The lowest BCUT2D eigenvalue weighted by atomic mass is 10.3. The van der Waals surface area contributed by atoms with Gasteiger partial charge in [0.25, 0.3) is 0 Å². The van der Waals surface area contributed by atoms with Crippen molar-refractivity contribution in [2.45, 2.75) is 51.7 Å². The monoisotopic (exact) mass is 276 g/mol. The van der Waals surface area contributed by atoms with Gasteiger partial charge in [0.1, 0.15) is 5.01 Å². The average Bonchev–Trinajstić information content (AvgIpc) is 3.09. The van der Waals surface area contributed by atoms with Gasteiger partial charge in [-0.05, 0) is 25.8 Å². The fourth-order valence-electron chi connectivity index (χ4n) is 2.63. The second kappa shape index (κ2) is 5.84. The van der Waals surface area contributed by atoms with Crippen molar-refractivity contribution in [3.05, 3.63) is 34.0 Å². The zero-order valence-electron chi connectivity index (χ0n) is 11.3. The number of thiazole rings is 1. The SMILES string of the molecule is Cc1csc(CNCc2ccn(C3CCCC3)n2)n1. The van der Waals surface area contributed by atoms with Crippen LogP contribution in [0.3, 0.4) is 0 Å². The highest BCUT2D eigenvalue weighted by Gasteiger charge is 2.17. The molecule has 5 heteroatoms. The molecule has 3 rings (SSSR count). The van der Waals surface area contributed by atoms with E-state index in [0.29, 0.717) is 6.04 Å². The Kier molecular flexibility index (Phi) is 3.94. The first-order valence-corrected chi connectivity index (χ1v) is 7.85. The van der Waals surface area contributed by atoms with Crippen molar-refractivity contribution in [3.63, 3.8) is 0 Å². The molecule has 1 aliphatic carbocycles. The second-order valence-corrected chi connectivity index (χ2v) is 6.15. The van der Waals surface area contributed by atoms with Crippen LogP contribution in [0.2, 0.25) is 0 Å². The summed E-state index contributed by atoms with van der Waals surface area (Å²) in [5, 5.41) is 11.3. The lowest BCUT2D eigenvalue weighted by Gasteiger charge is -2.08. The highest BCUT2D eigenvalue weighted by Crippen LogP contribution is 2.28. The van der Waals surface area contributed by atoms with Crippen LogP contribution in [0.5, 0.6) is 0 Å². The topological polar surface area (TPSA) is 42.7 Å². The lowest BCUT2D eigenvalue weighted by Crippen LogP contribution is -2.14. The van der Waals surface area contributed by atoms with Crippen LogP contribution in [-0.4, -0.2) is 14.8 Å². The summed E-state index contributed by atoms with van der Waals surface area (Å²) in [6.45, 7) is 3.68. The maximum Gasteiger partial charge on any atom is 0.107 e. The standard InChI is InChI=1S/C14H20N4S/c1-11-10-19-14(16-11)9-15-8-12-6-7-18(17-12)13-4-2-3-5-13/h6-7,10,13,15H,2-5,8-9H2,1H3. The van der Waals surface area contributed by atoms with Crippen LogP contribution < -0.4 is 5.32 Å². The summed E-state index contributed by atoms with van der Waals surface area (Å²) in [6, 6.07) is 2.76. The Morgan fingerprint density at radius 3 is 2.95 bits per heavy atom. The Labute approximate surface area is 117 Å². The number of hydrogen-bond donors (Lipinski definition) is 1. The van der Waals surface area contributed by atoms with E-state index in [9.17, 15) is 0 Å². The predicted molar refractivity (Wildman–Crippen MR) is 77.1 cm³/mol. The van der Waals surface area contributed by atoms with Crippen LogP contribution in [0.15, 0.2) is 17.6 Å². The summed E-state index contributed by atoms with van der Waals surface area (Å²) in [4.78, 5) is 4.44. The molecule has 1 saturated carbocycles. The van der Waals surface area contributed by atoms with E-state index in [1.807, 2.05) is 6.92 Å². The molecule has 0 spiro atoms. The Balaban J connectivity index is 1.50. The molecule has 0 unspecified atom stereocenters. The zero-order chi connectivity index (χ0) is 13.1. The fourth-order valence-corrected chi connectivity index (χ4v) is 3.37. The summed E-state index contributed by atoms with van der Waals surface area (Å²) in [5.41, 5.74) is 2.23. The fraction of sp³-hybridized carbons (Fsp3) is 0.571. The molecule has 1 N–H and O–H groups in total. The van der Waals surface area contributed by atoms with E-state index < -0.39 is 0 Å². The minimum absolute atomic E-state index is 0.635. The summed E-state index contributed by atoms with van der Waals surface area (Å²) in [7, 11) is 0. The Hall–Kier alpha value is -1.20. The Morgan fingerprint density at radius 2 is 2.21 bits per heavy atom. The van der Waals surface area contributed by atoms with E-state index in [1.165, 1.54) is 25.7 Å². The maximum absolute atomic E-state index is 4.67. The van der Waals surface area contributed by atoms with Crippen molar-refractivity contribution in [1.82, 2.24) is 20.1 Å². The minimum atomic E-state index is 0.635. The number of nitrogens with zero attached hydrogens (tertiary/aromatic N) is 3. The van der Waals surface area contributed by atoms with Crippen LogP contribution >= 0.6 is 11.3 Å². The molecule has 0 amide bonds. The predicted octanol–water partition coefficient (Wildman–Crippen LogP) is 3.05. The quantitative estimate of drug-likeness (QED) is 0.912. The van der Waals surface area contributed by atoms with E-state index in [4.69, 9.17) is 0 Å². The maximum atomic E-state index is 4.67. The van der Waals surface area contributed by atoms with Crippen LogP contribution in [-0.2, 0) is 13.1 Å². The van der Waals surface area contributed by atoms with Crippen molar-refractivity contribution in [3.8, 4) is 0 Å². The van der Waals surface area contributed by atoms with Crippen molar-refractivity contribution in [2.24, 2.45) is 0 Å². The number of aromatic nitrogens is 3. The Bertz CT molecular complexity index is 525. The molecule has 2 heterocycles. The molecular formula is C14H20N4S. The van der Waals surface area contributed by atoms with Gasteiger partial charge in [0.2, 0.25) is 0 Å². The molecule has 2 aromatic rings. The molecule has 4 nitrogen and oxygen atoms in total. The van der Waals surface area contributed by atoms with E-state index in [2.05, 4.69) is 37.7 Å². The number of rotatable bonds is 5. The van der Waals surface area contributed by atoms with E-state index in [0.717, 1.165) is 29.5 Å². The summed E-state index contributed by atoms with van der Waals surface area (Å²) in [6.07, 6.45) is 7.39. The van der Waals surface area contributed by atoms with Crippen LogP contribution in [0.1, 0.15) is 48.1 Å². The smallest absolute Gasteiger partial charge is 0.107 e. The molecule has 2 aromatic heterocycles. The zero-order valence-corrected chi connectivity index (χ0v) is 12.1. The molecule has 0 bridgehead atoms. The van der Waals surface area contributed by atoms with Gasteiger partial charge in [-0.1, -0.05) is 12.8 Å². The van der Waals surface area contributed by atoms with Crippen LogP contribution in [0.4, 0.5) is 0 Å². The van der Waals surface area contributed by atoms with Gasteiger partial charge in [-0.25, -0.2) is 4.98 Å². The normalized spacial score (nSPS) is 16.3. The van der Waals surface area contributed by atoms with Gasteiger partial charge in [0.05, 0.1) is 11.7 Å². The van der Waals surface area contributed by atoms with Crippen molar-refractivity contribution in [1.29, 1.82) is 0 Å². The summed E-state index contributed by atoms with van der Waals surface area (Å²) in [5.74, 6) is 0. The van der Waals surface area contributed by atoms with Crippen molar-refractivity contribution in [2.75, 3.05) is 0 Å². The van der Waals surface area contributed by atoms with Crippen molar-refractivity contribution < 1.29 is 0 Å². The summed E-state index contributed by atoms with van der Waals surface area (Å²) < 4.78 is 2.15. The van der Waals surface area contributed by atoms with Gasteiger partial charge >= 0.3 is 0 Å². The third kappa shape index (κ3) is 3.22. The first kappa shape index (κ1) is 12.8. The highest BCUT2D eigenvalue weighted by molar-refractivity contribution is 7.09. The van der Waals surface area contributed by atoms with Crippen LogP contribution in [0, 0.1) is 6.92 Å². The van der Waals surface area contributed by atoms with Gasteiger partial charge in [-0.2, -0.15) is 5.10 Å². The molecule has 0 aliphatic heterocycles. The second-order valence-electron chi connectivity index (χ2n) is 5.21. The molecule has 1 fully saturated rings. The molecule has 102 valence electrons. The highest BCUT2D eigenvalue weighted by atomic mass is 32.1. The molecule has 0 saturated heterocycles. The first-order chi connectivity index (χ1) is 9.31. The van der Waals surface area contributed by atoms with E-state index in [1.54, 1.807) is 11.3 Å². The molecular weight excluding hydrogens is 256 g/mol. The van der Waals surface area contributed by atoms with Crippen LogP contribution in [0.25, 0.3) is 0 Å². The molecule has 0 aromatic carbocycles. The molecule has 0 radical (unpaired) electrons. The number of hydrogen-bond acceptors (Lipinski definition) is 4. The molecule has 0 atom stereocenters. The van der Waals surface area contributed by atoms with E-state index in [-0.39, 0.29) is 0 Å². The minimum Gasteiger partial charge on any atom is -0.305 e. The average molecular weight is 276 g/mol. The van der Waals surface area contributed by atoms with Gasteiger partial charge in [-0.3, -0.25) is 4.68 Å². The number of aryl methyl sites for hydroxylation is 1. The Morgan fingerprint density at radius 1 is 1.37 bits per heavy atom. The third-order valence-electron chi connectivity index (χ3n) is 3.61. The van der Waals surface area contributed by atoms with Gasteiger partial charge in [-0.15, -0.1) is 11.3 Å². The lowest BCUT2D eigenvalue weighted by molar-refractivity contribution is 0.460. The third-order valence-corrected chi connectivity index (χ3v) is 4.58. The van der Waals surface area contributed by atoms with Crippen molar-refractivity contribution >= 4 is 11.3 Å². The van der Waals surface area contributed by atoms with E-state index >= 15 is 0 Å². The first-order valence-electron chi connectivity index (χ1n) is 6.97. The molecule has 19 heavy (non-hydrogen) atoms. The largest absolute Gasteiger partial charge is 0.305 e.